The van der Waals surface area contributed by atoms with E-state index in [0.29, 0.717) is 31.7 Å². The van der Waals surface area contributed by atoms with E-state index in [2.05, 4.69) is 5.32 Å². The van der Waals surface area contributed by atoms with Crippen LogP contribution in [0.2, 0.25) is 0 Å². The van der Waals surface area contributed by atoms with Crippen molar-refractivity contribution in [1.29, 1.82) is 0 Å². The summed E-state index contributed by atoms with van der Waals surface area (Å²) in [4.78, 5) is 12.3. The maximum atomic E-state index is 12.8. The van der Waals surface area contributed by atoms with E-state index < -0.39 is 0 Å². The SMILES string of the molecule is O=C(Cc1ccc(F)cc1)C1CC2COCC(C1)N2. The Morgan fingerprint density at radius 2 is 1.84 bits per heavy atom. The van der Waals surface area contributed by atoms with E-state index in [9.17, 15) is 9.18 Å². The third-order valence-corrected chi connectivity index (χ3v) is 3.99. The lowest BCUT2D eigenvalue weighted by Crippen LogP contribution is -2.55. The number of rotatable bonds is 3. The van der Waals surface area contributed by atoms with Crippen LogP contribution in [0.15, 0.2) is 24.3 Å². The molecule has 0 spiro atoms. The lowest BCUT2D eigenvalue weighted by Gasteiger charge is -2.39. The molecule has 2 aliphatic rings. The molecule has 2 saturated heterocycles. The molecule has 2 bridgehead atoms. The van der Waals surface area contributed by atoms with Gasteiger partial charge in [0.2, 0.25) is 0 Å². The highest BCUT2D eigenvalue weighted by Crippen LogP contribution is 2.25. The van der Waals surface area contributed by atoms with Gasteiger partial charge in [-0.1, -0.05) is 12.1 Å². The van der Waals surface area contributed by atoms with Crippen molar-refractivity contribution in [2.45, 2.75) is 31.3 Å². The summed E-state index contributed by atoms with van der Waals surface area (Å²) < 4.78 is 18.3. The summed E-state index contributed by atoms with van der Waals surface area (Å²) >= 11 is 0. The average molecular weight is 263 g/mol. The molecule has 2 heterocycles. The topological polar surface area (TPSA) is 38.3 Å². The van der Waals surface area contributed by atoms with Crippen LogP contribution in [0, 0.1) is 11.7 Å². The molecular weight excluding hydrogens is 245 g/mol. The summed E-state index contributed by atoms with van der Waals surface area (Å²) in [6.07, 6.45) is 2.12. The maximum Gasteiger partial charge on any atom is 0.140 e. The fourth-order valence-corrected chi connectivity index (χ4v) is 3.05. The van der Waals surface area contributed by atoms with Gasteiger partial charge in [0.25, 0.3) is 0 Å². The van der Waals surface area contributed by atoms with E-state index in [1.807, 2.05) is 0 Å². The molecule has 1 N–H and O–H groups in total. The number of carbonyl (C=O) groups excluding carboxylic acids is 1. The van der Waals surface area contributed by atoms with Gasteiger partial charge < -0.3 is 10.1 Å². The van der Waals surface area contributed by atoms with Crippen LogP contribution in [0.1, 0.15) is 18.4 Å². The van der Waals surface area contributed by atoms with Gasteiger partial charge in [0.15, 0.2) is 0 Å². The number of ketones is 1. The Kier molecular flexibility index (Phi) is 3.62. The van der Waals surface area contributed by atoms with Crippen molar-refractivity contribution >= 4 is 5.78 Å². The number of carbonyl (C=O) groups is 1. The Bertz CT molecular complexity index is 448. The highest BCUT2D eigenvalue weighted by Gasteiger charge is 2.34. The third kappa shape index (κ3) is 3.01. The second-order valence-corrected chi connectivity index (χ2v) is 5.54. The number of nitrogens with one attached hydrogen (secondary N) is 1. The normalized spacial score (nSPS) is 30.1. The van der Waals surface area contributed by atoms with Gasteiger partial charge in [-0.05, 0) is 30.5 Å². The van der Waals surface area contributed by atoms with E-state index in [1.54, 1.807) is 12.1 Å². The number of hydrogen-bond acceptors (Lipinski definition) is 3. The van der Waals surface area contributed by atoms with E-state index in [4.69, 9.17) is 4.74 Å². The zero-order valence-electron chi connectivity index (χ0n) is 10.8. The van der Waals surface area contributed by atoms with E-state index in [-0.39, 0.29) is 17.5 Å². The van der Waals surface area contributed by atoms with Gasteiger partial charge in [-0.3, -0.25) is 4.79 Å². The summed E-state index contributed by atoms with van der Waals surface area (Å²) in [6, 6.07) is 6.84. The molecule has 3 rings (SSSR count). The molecular formula is C15H18FNO2. The van der Waals surface area contributed by atoms with E-state index >= 15 is 0 Å². The average Bonchev–Trinajstić information content (AvgIpc) is 2.41. The molecule has 3 nitrogen and oxygen atoms in total. The Hall–Kier alpha value is -1.26. The van der Waals surface area contributed by atoms with Crippen LogP contribution in [-0.2, 0) is 16.0 Å². The van der Waals surface area contributed by atoms with Crippen molar-refractivity contribution in [2.75, 3.05) is 13.2 Å². The molecule has 2 atom stereocenters. The first-order valence-corrected chi connectivity index (χ1v) is 6.81. The van der Waals surface area contributed by atoms with Crippen LogP contribution < -0.4 is 5.32 Å². The molecule has 102 valence electrons. The van der Waals surface area contributed by atoms with Crippen LogP contribution in [0.4, 0.5) is 4.39 Å². The Balaban J connectivity index is 1.62. The van der Waals surface area contributed by atoms with E-state index in [1.165, 1.54) is 12.1 Å². The monoisotopic (exact) mass is 263 g/mol. The number of ether oxygens (including phenoxy) is 1. The molecule has 4 heteroatoms. The number of piperidine rings is 1. The third-order valence-electron chi connectivity index (χ3n) is 3.99. The minimum absolute atomic E-state index is 0.116. The molecule has 1 aromatic rings. The van der Waals surface area contributed by atoms with Crippen LogP contribution in [0.5, 0.6) is 0 Å². The maximum absolute atomic E-state index is 12.8. The molecule has 1 aromatic carbocycles. The van der Waals surface area contributed by atoms with Gasteiger partial charge in [0, 0.05) is 24.4 Å². The lowest BCUT2D eigenvalue weighted by atomic mass is 9.82. The Morgan fingerprint density at radius 1 is 1.21 bits per heavy atom. The number of benzene rings is 1. The van der Waals surface area contributed by atoms with Gasteiger partial charge in [-0.2, -0.15) is 0 Å². The van der Waals surface area contributed by atoms with Crippen molar-refractivity contribution in [3.8, 4) is 0 Å². The second kappa shape index (κ2) is 5.39. The van der Waals surface area contributed by atoms with Crippen LogP contribution in [0.25, 0.3) is 0 Å². The van der Waals surface area contributed by atoms with Crippen molar-refractivity contribution in [1.82, 2.24) is 5.32 Å². The van der Waals surface area contributed by atoms with Crippen molar-refractivity contribution in [3.63, 3.8) is 0 Å². The number of hydrogen-bond donors (Lipinski definition) is 1. The Morgan fingerprint density at radius 3 is 2.47 bits per heavy atom. The highest BCUT2D eigenvalue weighted by atomic mass is 19.1. The predicted octanol–water partition coefficient (Wildman–Crippen LogP) is 1.70. The number of Topliss-reactive ketones (excluding diaryl/α,β-unsaturated/α-hetero) is 1. The minimum atomic E-state index is -0.259. The summed E-state index contributed by atoms with van der Waals surface area (Å²) in [5.41, 5.74) is 0.895. The Labute approximate surface area is 112 Å². The smallest absolute Gasteiger partial charge is 0.140 e. The van der Waals surface area contributed by atoms with Crippen LogP contribution in [-0.4, -0.2) is 31.1 Å². The lowest BCUT2D eigenvalue weighted by molar-refractivity contribution is -0.125. The molecule has 0 saturated carbocycles. The van der Waals surface area contributed by atoms with Crippen molar-refractivity contribution in [3.05, 3.63) is 35.6 Å². The van der Waals surface area contributed by atoms with E-state index in [0.717, 1.165) is 18.4 Å². The second-order valence-electron chi connectivity index (χ2n) is 5.54. The fourth-order valence-electron chi connectivity index (χ4n) is 3.05. The minimum Gasteiger partial charge on any atom is -0.378 e. The molecule has 0 aliphatic carbocycles. The molecule has 2 unspecified atom stereocenters. The van der Waals surface area contributed by atoms with Crippen LogP contribution >= 0.6 is 0 Å². The summed E-state index contributed by atoms with van der Waals surface area (Å²) in [5.74, 6) is 0.125. The standard InChI is InChI=1S/C15H18FNO2/c16-12-3-1-10(2-4-12)5-15(18)11-6-13-8-19-9-14(7-11)17-13/h1-4,11,13-14,17H,5-9H2. The molecule has 2 aliphatic heterocycles. The highest BCUT2D eigenvalue weighted by molar-refractivity contribution is 5.83. The first kappa shape index (κ1) is 12.8. The zero-order chi connectivity index (χ0) is 13.2. The summed E-state index contributed by atoms with van der Waals surface area (Å²) in [6.45, 7) is 1.41. The van der Waals surface area contributed by atoms with Crippen LogP contribution in [0.3, 0.4) is 0 Å². The molecule has 0 aromatic heterocycles. The molecule has 0 amide bonds. The molecule has 0 radical (unpaired) electrons. The number of halogens is 1. The molecule has 19 heavy (non-hydrogen) atoms. The zero-order valence-corrected chi connectivity index (χ0v) is 10.8. The van der Waals surface area contributed by atoms with Gasteiger partial charge >= 0.3 is 0 Å². The van der Waals surface area contributed by atoms with Gasteiger partial charge in [0.1, 0.15) is 11.6 Å². The van der Waals surface area contributed by atoms with Crippen molar-refractivity contribution < 1.29 is 13.9 Å². The van der Waals surface area contributed by atoms with Gasteiger partial charge in [-0.25, -0.2) is 4.39 Å². The predicted molar refractivity (Wildman–Crippen MR) is 69.4 cm³/mol. The van der Waals surface area contributed by atoms with Crippen molar-refractivity contribution in [2.24, 2.45) is 5.92 Å². The fraction of sp³-hybridized carbons (Fsp3) is 0.533. The molecule has 2 fully saturated rings. The quantitative estimate of drug-likeness (QED) is 0.902. The summed E-state index contributed by atoms with van der Waals surface area (Å²) in [7, 11) is 0. The van der Waals surface area contributed by atoms with Gasteiger partial charge in [-0.15, -0.1) is 0 Å². The largest absolute Gasteiger partial charge is 0.378 e. The van der Waals surface area contributed by atoms with Gasteiger partial charge in [0.05, 0.1) is 13.2 Å². The first-order chi connectivity index (χ1) is 9.20. The first-order valence-electron chi connectivity index (χ1n) is 6.81. The number of morpholine rings is 1. The number of fused-ring (bicyclic) bond motifs is 2. The summed E-state index contributed by atoms with van der Waals surface area (Å²) in [5, 5.41) is 3.48.